The zero-order valence-corrected chi connectivity index (χ0v) is 34.4. The molecule has 1 aromatic carbocycles. The van der Waals surface area contributed by atoms with Crippen LogP contribution in [0.15, 0.2) is 36.5 Å². The molecule has 0 radical (unpaired) electrons. The zero-order chi connectivity index (χ0) is 41.5. The number of aliphatic hydroxyl groups excluding tert-OH is 1. The number of benzene rings is 1. The molecular formula is C42H62FNO11. The van der Waals surface area contributed by atoms with Crippen molar-refractivity contribution in [1.82, 2.24) is 4.90 Å². The van der Waals surface area contributed by atoms with Crippen LogP contribution in [0.2, 0.25) is 0 Å². The molecule has 0 saturated carbocycles. The summed E-state index contributed by atoms with van der Waals surface area (Å²) in [5.74, 6) is -3.39. The van der Waals surface area contributed by atoms with Crippen molar-refractivity contribution < 1.29 is 57.2 Å². The van der Waals surface area contributed by atoms with Gasteiger partial charge in [0, 0.05) is 19.2 Å². The van der Waals surface area contributed by atoms with Gasteiger partial charge in [-0.2, -0.15) is 0 Å². The van der Waals surface area contributed by atoms with E-state index in [1.807, 2.05) is 0 Å². The monoisotopic (exact) mass is 775 g/mol. The van der Waals surface area contributed by atoms with Crippen LogP contribution in [0.5, 0.6) is 0 Å². The van der Waals surface area contributed by atoms with Crippen molar-refractivity contribution in [2.24, 2.45) is 21.7 Å². The van der Waals surface area contributed by atoms with E-state index in [1.165, 1.54) is 30.5 Å². The minimum atomic E-state index is -1.49. The highest BCUT2D eigenvalue weighted by Crippen LogP contribution is 2.40. The van der Waals surface area contributed by atoms with E-state index in [0.29, 0.717) is 18.4 Å². The summed E-state index contributed by atoms with van der Waals surface area (Å²) < 4.78 is 45.7. The van der Waals surface area contributed by atoms with Gasteiger partial charge in [-0.15, -0.1) is 0 Å². The third-order valence-electron chi connectivity index (χ3n) is 9.53. The molecule has 0 bridgehead atoms. The summed E-state index contributed by atoms with van der Waals surface area (Å²) >= 11 is 0. The average Bonchev–Trinajstić information content (AvgIpc) is 3.07. The van der Waals surface area contributed by atoms with E-state index in [2.05, 4.69) is 0 Å². The topological polar surface area (TPSA) is 155 Å². The highest BCUT2D eigenvalue weighted by atomic mass is 19.1. The Bertz CT molecular complexity index is 1550. The Labute approximate surface area is 325 Å². The van der Waals surface area contributed by atoms with Gasteiger partial charge in [-0.1, -0.05) is 31.4 Å². The van der Waals surface area contributed by atoms with E-state index < -0.39 is 94.6 Å². The van der Waals surface area contributed by atoms with E-state index in [-0.39, 0.29) is 18.8 Å². The van der Waals surface area contributed by atoms with Crippen molar-refractivity contribution in [3.05, 3.63) is 47.9 Å². The average molecular weight is 776 g/mol. The molecule has 0 amide bonds. The van der Waals surface area contributed by atoms with Crippen LogP contribution in [-0.2, 0) is 47.7 Å². The van der Waals surface area contributed by atoms with Crippen LogP contribution >= 0.6 is 0 Å². The van der Waals surface area contributed by atoms with Gasteiger partial charge in [0.15, 0.2) is 30.3 Å². The van der Waals surface area contributed by atoms with Crippen LogP contribution in [0.4, 0.5) is 4.39 Å². The standard InChI is InChI=1S/C42H62FNO11/c1-39(2,3)35(47)53-31-30(25-51-38(50)42(10,11)20-14-12-13-15-22-45)52-34(44-21-19-28(46)24-29(44)26-17-16-18-27(43)23-26)33(55-37(49)41(7,8)9)32(31)54-36(48)40(4,5)6/h16-19,21,23,29-34,45H,12-15,20,22,24-25H2,1-11H3/t29-,30+,31-,32-,33+,34+/m0/s1. The molecule has 2 aliphatic rings. The fraction of sp³-hybridized carbons (Fsp3) is 0.690. The molecule has 3 rings (SSSR count). The number of nitrogens with zero attached hydrogens (tertiary/aromatic N) is 1. The van der Waals surface area contributed by atoms with E-state index >= 15 is 0 Å². The maximum Gasteiger partial charge on any atom is 0.311 e. The molecule has 1 saturated heterocycles. The quantitative estimate of drug-likeness (QED) is 0.121. The fourth-order valence-electron chi connectivity index (χ4n) is 5.96. The molecule has 1 N–H and O–H groups in total. The Morgan fingerprint density at radius 1 is 0.782 bits per heavy atom. The third-order valence-corrected chi connectivity index (χ3v) is 9.53. The van der Waals surface area contributed by atoms with Crippen molar-refractivity contribution in [1.29, 1.82) is 0 Å². The van der Waals surface area contributed by atoms with Gasteiger partial charge >= 0.3 is 23.9 Å². The molecule has 1 aromatic rings. The van der Waals surface area contributed by atoms with Crippen LogP contribution in [-0.4, -0.2) is 83.5 Å². The Hall–Kier alpha value is -3.84. The van der Waals surface area contributed by atoms with Gasteiger partial charge in [0.2, 0.25) is 0 Å². The normalized spacial score (nSPS) is 23.6. The Morgan fingerprint density at radius 3 is 1.87 bits per heavy atom. The minimum Gasteiger partial charge on any atom is -0.462 e. The number of aliphatic hydroxyl groups is 1. The fourth-order valence-corrected chi connectivity index (χ4v) is 5.96. The maximum absolute atomic E-state index is 14.6. The van der Waals surface area contributed by atoms with Crippen molar-refractivity contribution in [2.45, 2.75) is 151 Å². The van der Waals surface area contributed by atoms with Gasteiger partial charge in [0.25, 0.3) is 0 Å². The lowest BCUT2D eigenvalue weighted by atomic mass is 9.87. The number of ketones is 1. The molecule has 308 valence electrons. The molecule has 55 heavy (non-hydrogen) atoms. The summed E-state index contributed by atoms with van der Waals surface area (Å²) in [7, 11) is 0. The summed E-state index contributed by atoms with van der Waals surface area (Å²) in [6.45, 7) is 18.0. The number of esters is 4. The summed E-state index contributed by atoms with van der Waals surface area (Å²) in [5, 5.41) is 9.12. The van der Waals surface area contributed by atoms with E-state index in [9.17, 15) is 28.4 Å². The van der Waals surface area contributed by atoms with E-state index in [1.54, 1.807) is 87.1 Å². The van der Waals surface area contributed by atoms with Crippen LogP contribution in [0.3, 0.4) is 0 Å². The second kappa shape index (κ2) is 18.4. The number of carbonyl (C=O) groups is 5. The number of rotatable bonds is 14. The second-order valence-corrected chi connectivity index (χ2v) is 18.3. The molecule has 6 atom stereocenters. The first kappa shape index (κ1) is 45.5. The van der Waals surface area contributed by atoms with Crippen molar-refractivity contribution >= 4 is 29.7 Å². The van der Waals surface area contributed by atoms with Gasteiger partial charge in [-0.05, 0) is 113 Å². The summed E-state index contributed by atoms with van der Waals surface area (Å²) in [5.41, 5.74) is -3.63. The molecule has 0 unspecified atom stereocenters. The highest BCUT2D eigenvalue weighted by molar-refractivity contribution is 5.91. The third kappa shape index (κ3) is 12.6. The summed E-state index contributed by atoms with van der Waals surface area (Å²) in [4.78, 5) is 69.2. The molecular weight excluding hydrogens is 713 g/mol. The van der Waals surface area contributed by atoms with Crippen LogP contribution in [0.25, 0.3) is 0 Å². The predicted octanol–water partition coefficient (Wildman–Crippen LogP) is 6.77. The molecule has 0 aromatic heterocycles. The highest BCUT2D eigenvalue weighted by Gasteiger charge is 2.57. The number of carbonyl (C=O) groups excluding carboxylic acids is 5. The first-order chi connectivity index (χ1) is 25.4. The van der Waals surface area contributed by atoms with Crippen molar-refractivity contribution in [3.8, 4) is 0 Å². The molecule has 2 heterocycles. The number of allylic oxidation sites excluding steroid dienone is 1. The smallest absolute Gasteiger partial charge is 0.311 e. The number of hydrogen-bond acceptors (Lipinski definition) is 12. The Balaban J connectivity index is 2.20. The molecule has 0 spiro atoms. The maximum atomic E-state index is 14.6. The van der Waals surface area contributed by atoms with E-state index in [0.717, 1.165) is 19.3 Å². The largest absolute Gasteiger partial charge is 0.462 e. The SMILES string of the molecule is CC(C)(C)C(=O)O[C@@H]1[C@@H](OC(=O)C(C)(C)C)[C@H](N2C=CC(=O)C[C@H]2c2cccc(F)c2)O[C@H](COC(=O)C(C)(C)CCCCCCO)[C@@H]1OC(=O)C(C)(C)C. The predicted molar refractivity (Wildman–Crippen MR) is 201 cm³/mol. The second-order valence-electron chi connectivity index (χ2n) is 18.3. The summed E-state index contributed by atoms with van der Waals surface area (Å²) in [6, 6.07) is 4.91. The Kier molecular flexibility index (Phi) is 15.2. The lowest BCUT2D eigenvalue weighted by molar-refractivity contribution is -0.283. The molecule has 2 aliphatic heterocycles. The van der Waals surface area contributed by atoms with Gasteiger partial charge in [-0.3, -0.25) is 24.0 Å². The first-order valence-electron chi connectivity index (χ1n) is 19.2. The van der Waals surface area contributed by atoms with Gasteiger partial charge in [-0.25, -0.2) is 4.39 Å². The molecule has 12 nitrogen and oxygen atoms in total. The molecule has 0 aliphatic carbocycles. The van der Waals surface area contributed by atoms with Gasteiger partial charge in [0.1, 0.15) is 18.5 Å². The minimum absolute atomic E-state index is 0.0964. The Morgan fingerprint density at radius 2 is 1.33 bits per heavy atom. The molecule has 1 fully saturated rings. The number of hydrogen-bond donors (Lipinski definition) is 1. The van der Waals surface area contributed by atoms with E-state index in [4.69, 9.17) is 28.8 Å². The van der Waals surface area contributed by atoms with Gasteiger partial charge in [0.05, 0.1) is 27.7 Å². The number of unbranched alkanes of at least 4 members (excludes halogenated alkanes) is 3. The van der Waals surface area contributed by atoms with Crippen molar-refractivity contribution in [3.63, 3.8) is 0 Å². The van der Waals surface area contributed by atoms with Crippen molar-refractivity contribution in [2.75, 3.05) is 13.2 Å². The molecule has 13 heteroatoms. The first-order valence-corrected chi connectivity index (χ1v) is 19.2. The lowest BCUT2D eigenvalue weighted by Crippen LogP contribution is -2.67. The number of ether oxygens (including phenoxy) is 5. The number of halogens is 1. The van der Waals surface area contributed by atoms with Crippen LogP contribution in [0, 0.1) is 27.5 Å². The summed E-state index contributed by atoms with van der Waals surface area (Å²) in [6.07, 6.45) is -0.771. The lowest BCUT2D eigenvalue weighted by Gasteiger charge is -2.50. The van der Waals surface area contributed by atoms with Gasteiger partial charge < -0.3 is 33.7 Å². The zero-order valence-electron chi connectivity index (χ0n) is 34.4. The van der Waals surface area contributed by atoms with Crippen LogP contribution in [0.1, 0.15) is 126 Å². The van der Waals surface area contributed by atoms with Crippen LogP contribution < -0.4 is 0 Å².